The number of rotatable bonds is 5. The fraction of sp³-hybridized carbons (Fsp3) is 0.727. The van der Waals surface area contributed by atoms with E-state index in [2.05, 4.69) is 19.1 Å². The van der Waals surface area contributed by atoms with Gasteiger partial charge in [-0.15, -0.1) is 0 Å². The number of amides is 1. The Labute approximate surface area is 80.2 Å². The van der Waals surface area contributed by atoms with Gasteiger partial charge in [0.05, 0.1) is 0 Å². The van der Waals surface area contributed by atoms with Gasteiger partial charge in [0, 0.05) is 5.92 Å². The monoisotopic (exact) mass is 181 g/mol. The molecule has 0 aromatic carbocycles. The molecule has 13 heavy (non-hydrogen) atoms. The molecule has 2 N–H and O–H groups in total. The van der Waals surface area contributed by atoms with E-state index < -0.39 is 0 Å². The van der Waals surface area contributed by atoms with Crippen LogP contribution in [0.4, 0.5) is 0 Å². The van der Waals surface area contributed by atoms with E-state index in [1.54, 1.807) is 0 Å². The van der Waals surface area contributed by atoms with Crippen molar-refractivity contribution in [2.45, 2.75) is 39.0 Å². The molecule has 2 heteroatoms. The van der Waals surface area contributed by atoms with Gasteiger partial charge in [-0.2, -0.15) is 0 Å². The molecule has 1 aliphatic rings. The van der Waals surface area contributed by atoms with Gasteiger partial charge in [0.1, 0.15) is 0 Å². The van der Waals surface area contributed by atoms with Gasteiger partial charge in [-0.3, -0.25) is 4.79 Å². The van der Waals surface area contributed by atoms with E-state index in [0.29, 0.717) is 5.92 Å². The third-order valence-electron chi connectivity index (χ3n) is 2.80. The smallest absolute Gasteiger partial charge is 0.221 e. The molecule has 0 bridgehead atoms. The van der Waals surface area contributed by atoms with Crippen LogP contribution in [0.5, 0.6) is 0 Å². The van der Waals surface area contributed by atoms with Crippen molar-refractivity contribution >= 4 is 5.91 Å². The number of carbonyl (C=O) groups excluding carboxylic acids is 1. The predicted molar refractivity (Wildman–Crippen MR) is 54.1 cm³/mol. The molecule has 0 heterocycles. The number of carbonyl (C=O) groups is 1. The zero-order valence-electron chi connectivity index (χ0n) is 8.33. The third-order valence-corrected chi connectivity index (χ3v) is 2.80. The normalized spacial score (nSPS) is 23.3. The van der Waals surface area contributed by atoms with Crippen LogP contribution in [0, 0.1) is 11.8 Å². The lowest BCUT2D eigenvalue weighted by Gasteiger charge is -2.18. The van der Waals surface area contributed by atoms with Gasteiger partial charge in [0.25, 0.3) is 0 Å². The van der Waals surface area contributed by atoms with Gasteiger partial charge in [0.2, 0.25) is 5.91 Å². The van der Waals surface area contributed by atoms with Gasteiger partial charge >= 0.3 is 0 Å². The molecule has 0 fully saturated rings. The summed E-state index contributed by atoms with van der Waals surface area (Å²) in [6.07, 6.45) is 9.74. The van der Waals surface area contributed by atoms with Gasteiger partial charge < -0.3 is 5.73 Å². The molecular weight excluding hydrogens is 162 g/mol. The van der Waals surface area contributed by atoms with Gasteiger partial charge in [0.15, 0.2) is 0 Å². The maximum atomic E-state index is 11.2. The minimum atomic E-state index is -0.120. The Morgan fingerprint density at radius 2 is 2.46 bits per heavy atom. The summed E-state index contributed by atoms with van der Waals surface area (Å²) < 4.78 is 0. The Morgan fingerprint density at radius 1 is 1.69 bits per heavy atom. The average Bonchev–Trinajstić information content (AvgIpc) is 2.57. The molecule has 74 valence electrons. The van der Waals surface area contributed by atoms with Crippen molar-refractivity contribution in [1.29, 1.82) is 0 Å². The number of primary amides is 1. The molecule has 2 atom stereocenters. The lowest BCUT2D eigenvalue weighted by Crippen LogP contribution is -2.28. The van der Waals surface area contributed by atoms with E-state index >= 15 is 0 Å². The largest absolute Gasteiger partial charge is 0.369 e. The zero-order valence-corrected chi connectivity index (χ0v) is 8.33. The number of hydrogen-bond acceptors (Lipinski definition) is 1. The highest BCUT2D eigenvalue weighted by Gasteiger charge is 2.25. The predicted octanol–water partition coefficient (Wildman–Crippen LogP) is 2.24. The quantitative estimate of drug-likeness (QED) is 0.649. The highest BCUT2D eigenvalue weighted by molar-refractivity contribution is 5.77. The fourth-order valence-corrected chi connectivity index (χ4v) is 1.98. The molecular formula is C11H19NO. The molecule has 0 spiro atoms. The molecule has 0 aliphatic heterocycles. The van der Waals surface area contributed by atoms with Crippen LogP contribution in [0.3, 0.4) is 0 Å². The van der Waals surface area contributed by atoms with E-state index in [4.69, 9.17) is 5.73 Å². The standard InChI is InChI=1S/C11H19NO/c1-2-3-8-10(11(12)13)9-6-4-5-7-9/h4,6,9-10H,2-3,5,7-8H2,1H3,(H2,12,13). The van der Waals surface area contributed by atoms with Crippen molar-refractivity contribution in [3.05, 3.63) is 12.2 Å². The Kier molecular flexibility index (Phi) is 4.00. The van der Waals surface area contributed by atoms with Crippen LogP contribution in [0.1, 0.15) is 39.0 Å². The van der Waals surface area contributed by atoms with Crippen molar-refractivity contribution in [2.24, 2.45) is 17.6 Å². The van der Waals surface area contributed by atoms with Gasteiger partial charge in [-0.1, -0.05) is 31.9 Å². The maximum absolute atomic E-state index is 11.2. The van der Waals surface area contributed by atoms with Crippen molar-refractivity contribution in [1.82, 2.24) is 0 Å². The van der Waals surface area contributed by atoms with Crippen LogP contribution >= 0.6 is 0 Å². The molecule has 0 saturated carbocycles. The molecule has 2 unspecified atom stereocenters. The molecule has 0 saturated heterocycles. The second kappa shape index (κ2) is 5.05. The Hall–Kier alpha value is -0.790. The minimum absolute atomic E-state index is 0.0821. The SMILES string of the molecule is CCCCC(C(N)=O)C1C=CCC1. The number of allylic oxidation sites excluding steroid dienone is 2. The van der Waals surface area contributed by atoms with E-state index in [1.807, 2.05) is 0 Å². The fourth-order valence-electron chi connectivity index (χ4n) is 1.98. The van der Waals surface area contributed by atoms with Crippen LogP contribution in [0.25, 0.3) is 0 Å². The molecule has 1 aliphatic carbocycles. The summed E-state index contributed by atoms with van der Waals surface area (Å²) in [6, 6.07) is 0. The summed E-state index contributed by atoms with van der Waals surface area (Å²) in [5.74, 6) is 0.382. The number of nitrogens with two attached hydrogens (primary N) is 1. The lowest BCUT2D eigenvalue weighted by molar-refractivity contribution is -0.123. The third kappa shape index (κ3) is 2.87. The minimum Gasteiger partial charge on any atom is -0.369 e. The summed E-state index contributed by atoms with van der Waals surface area (Å²) >= 11 is 0. The Balaban J connectivity index is 2.46. The maximum Gasteiger partial charge on any atom is 0.221 e. The second-order valence-electron chi connectivity index (χ2n) is 3.82. The highest BCUT2D eigenvalue weighted by Crippen LogP contribution is 2.28. The average molecular weight is 181 g/mol. The molecule has 0 radical (unpaired) electrons. The van der Waals surface area contributed by atoms with Gasteiger partial charge in [-0.05, 0) is 25.2 Å². The van der Waals surface area contributed by atoms with Crippen molar-refractivity contribution in [3.8, 4) is 0 Å². The van der Waals surface area contributed by atoms with Crippen LogP contribution in [0.15, 0.2) is 12.2 Å². The van der Waals surface area contributed by atoms with Crippen LogP contribution in [0.2, 0.25) is 0 Å². The first kappa shape index (κ1) is 10.3. The van der Waals surface area contributed by atoms with E-state index in [1.165, 1.54) is 0 Å². The summed E-state index contributed by atoms with van der Waals surface area (Å²) in [7, 11) is 0. The number of unbranched alkanes of at least 4 members (excludes halogenated alkanes) is 1. The van der Waals surface area contributed by atoms with Crippen molar-refractivity contribution < 1.29 is 4.79 Å². The summed E-state index contributed by atoms with van der Waals surface area (Å²) in [6.45, 7) is 2.14. The van der Waals surface area contributed by atoms with E-state index in [0.717, 1.165) is 32.1 Å². The summed E-state index contributed by atoms with van der Waals surface area (Å²) in [4.78, 5) is 11.2. The van der Waals surface area contributed by atoms with Gasteiger partial charge in [-0.25, -0.2) is 0 Å². The van der Waals surface area contributed by atoms with E-state index in [9.17, 15) is 4.79 Å². The number of hydrogen-bond donors (Lipinski definition) is 1. The molecule has 1 rings (SSSR count). The molecule has 0 aromatic rings. The van der Waals surface area contributed by atoms with Crippen LogP contribution in [-0.4, -0.2) is 5.91 Å². The summed E-state index contributed by atoms with van der Waals surface area (Å²) in [5, 5.41) is 0. The molecule has 1 amide bonds. The molecule has 0 aromatic heterocycles. The first-order valence-electron chi connectivity index (χ1n) is 5.21. The van der Waals surface area contributed by atoms with Crippen molar-refractivity contribution in [3.63, 3.8) is 0 Å². The van der Waals surface area contributed by atoms with Crippen LogP contribution in [-0.2, 0) is 4.79 Å². The highest BCUT2D eigenvalue weighted by atomic mass is 16.1. The molecule has 2 nitrogen and oxygen atoms in total. The van der Waals surface area contributed by atoms with E-state index in [-0.39, 0.29) is 11.8 Å². The Bertz CT molecular complexity index is 198. The first-order valence-corrected chi connectivity index (χ1v) is 5.21. The lowest BCUT2D eigenvalue weighted by atomic mass is 9.87. The second-order valence-corrected chi connectivity index (χ2v) is 3.82. The van der Waals surface area contributed by atoms with Crippen LogP contribution < -0.4 is 5.73 Å². The Morgan fingerprint density at radius 3 is 2.92 bits per heavy atom. The zero-order chi connectivity index (χ0) is 9.68. The first-order chi connectivity index (χ1) is 6.25. The topological polar surface area (TPSA) is 43.1 Å². The summed E-state index contributed by atoms with van der Waals surface area (Å²) in [5.41, 5.74) is 5.38. The van der Waals surface area contributed by atoms with Crippen molar-refractivity contribution in [2.75, 3.05) is 0 Å².